The van der Waals surface area contributed by atoms with Crippen LogP contribution in [-0.2, 0) is 4.79 Å². The van der Waals surface area contributed by atoms with Crippen LogP contribution in [0.5, 0.6) is 0 Å². The fraction of sp³-hybridized carbons (Fsp3) is 0.350. The van der Waals surface area contributed by atoms with Crippen LogP contribution in [0, 0.1) is 0 Å². The minimum atomic E-state index is -0.777. The zero-order valence-corrected chi connectivity index (χ0v) is 16.8. The molecule has 2 aromatic rings. The molecule has 0 spiro atoms. The largest absolute Gasteiger partial charge is 0.481 e. The highest BCUT2D eigenvalue weighted by atomic mass is 35.5. The summed E-state index contributed by atoms with van der Waals surface area (Å²) >= 11 is 14.5. The molecule has 138 valence electrons. The van der Waals surface area contributed by atoms with Gasteiger partial charge < -0.3 is 10.0 Å². The Hall–Kier alpha value is -1.36. The normalized spacial score (nSPS) is 19.7. The zero-order chi connectivity index (χ0) is 18.7. The SMILES string of the molecule is CCCN1CC(CC(=O)O)SC(c2ccccc2Cl)c2cc(Cl)ccc21. The van der Waals surface area contributed by atoms with E-state index in [2.05, 4.69) is 11.8 Å². The molecule has 0 bridgehead atoms. The first-order valence-electron chi connectivity index (χ1n) is 8.65. The molecule has 0 radical (unpaired) electrons. The number of thioether (sulfide) groups is 1. The number of anilines is 1. The van der Waals surface area contributed by atoms with E-state index in [1.54, 1.807) is 11.8 Å². The maximum Gasteiger partial charge on any atom is 0.304 e. The Balaban J connectivity index is 2.13. The van der Waals surface area contributed by atoms with Crippen molar-refractivity contribution in [1.29, 1.82) is 0 Å². The van der Waals surface area contributed by atoms with Crippen LogP contribution in [-0.4, -0.2) is 29.4 Å². The summed E-state index contributed by atoms with van der Waals surface area (Å²) in [4.78, 5) is 13.7. The number of fused-ring (bicyclic) bond motifs is 1. The molecule has 1 N–H and O–H groups in total. The number of hydrogen-bond acceptors (Lipinski definition) is 3. The van der Waals surface area contributed by atoms with Crippen LogP contribution in [0.3, 0.4) is 0 Å². The standard InChI is InChI=1S/C20H21Cl2NO2S/c1-2-9-23-12-14(11-19(24)25)26-20(15-5-3-4-6-17(15)22)16-10-13(21)7-8-18(16)23/h3-8,10,14,20H,2,9,11-12H2,1H3,(H,24,25). The van der Waals surface area contributed by atoms with Gasteiger partial charge in [0.25, 0.3) is 0 Å². The van der Waals surface area contributed by atoms with Gasteiger partial charge in [-0.05, 0) is 41.8 Å². The van der Waals surface area contributed by atoms with Crippen molar-refractivity contribution in [3.8, 4) is 0 Å². The Morgan fingerprint density at radius 1 is 1.23 bits per heavy atom. The van der Waals surface area contributed by atoms with Crippen LogP contribution in [0.15, 0.2) is 42.5 Å². The summed E-state index contributed by atoms with van der Waals surface area (Å²) in [5.74, 6) is -0.777. The van der Waals surface area contributed by atoms with Crippen LogP contribution in [0.1, 0.15) is 36.1 Å². The van der Waals surface area contributed by atoms with Crippen molar-refractivity contribution in [2.75, 3.05) is 18.0 Å². The Morgan fingerprint density at radius 2 is 2.00 bits per heavy atom. The van der Waals surface area contributed by atoms with Crippen LogP contribution in [0.4, 0.5) is 5.69 Å². The van der Waals surface area contributed by atoms with E-state index in [0.29, 0.717) is 16.6 Å². The number of carboxylic acids is 1. The fourth-order valence-electron chi connectivity index (χ4n) is 3.39. The Bertz CT molecular complexity index is 799. The van der Waals surface area contributed by atoms with E-state index < -0.39 is 5.97 Å². The Kier molecular flexibility index (Phi) is 6.38. The van der Waals surface area contributed by atoms with Gasteiger partial charge in [-0.2, -0.15) is 0 Å². The maximum atomic E-state index is 11.4. The van der Waals surface area contributed by atoms with Gasteiger partial charge in [0.05, 0.1) is 11.7 Å². The maximum absolute atomic E-state index is 11.4. The Labute approximate surface area is 168 Å². The van der Waals surface area contributed by atoms with Gasteiger partial charge >= 0.3 is 5.97 Å². The van der Waals surface area contributed by atoms with E-state index in [1.165, 1.54) is 0 Å². The lowest BCUT2D eigenvalue weighted by molar-refractivity contribution is -0.136. The van der Waals surface area contributed by atoms with Crippen LogP contribution in [0.25, 0.3) is 0 Å². The second-order valence-electron chi connectivity index (χ2n) is 6.41. The highest BCUT2D eigenvalue weighted by Gasteiger charge is 2.32. The third-order valence-electron chi connectivity index (χ3n) is 4.45. The molecular formula is C20H21Cl2NO2S. The summed E-state index contributed by atoms with van der Waals surface area (Å²) in [5, 5.41) is 10.6. The lowest BCUT2D eigenvalue weighted by Crippen LogP contribution is -2.32. The van der Waals surface area contributed by atoms with Crippen LogP contribution in [0.2, 0.25) is 10.0 Å². The average Bonchev–Trinajstić information content (AvgIpc) is 2.72. The van der Waals surface area contributed by atoms with Gasteiger partial charge in [-0.25, -0.2) is 0 Å². The molecule has 3 nitrogen and oxygen atoms in total. The predicted octanol–water partition coefficient (Wildman–Crippen LogP) is 5.89. The molecule has 1 aliphatic heterocycles. The Morgan fingerprint density at radius 3 is 2.69 bits per heavy atom. The van der Waals surface area contributed by atoms with Gasteiger partial charge in [0.2, 0.25) is 0 Å². The van der Waals surface area contributed by atoms with E-state index in [1.807, 2.05) is 42.5 Å². The number of nitrogens with zero attached hydrogens (tertiary/aromatic N) is 1. The van der Waals surface area contributed by atoms with Gasteiger partial charge in [-0.15, -0.1) is 11.8 Å². The smallest absolute Gasteiger partial charge is 0.304 e. The van der Waals surface area contributed by atoms with Crippen LogP contribution < -0.4 is 4.90 Å². The van der Waals surface area contributed by atoms with Gasteiger partial charge in [-0.1, -0.05) is 48.3 Å². The van der Waals surface area contributed by atoms with Gasteiger partial charge in [0.1, 0.15) is 0 Å². The van der Waals surface area contributed by atoms with Gasteiger partial charge in [-0.3, -0.25) is 4.79 Å². The highest BCUT2D eigenvalue weighted by Crippen LogP contribution is 2.48. The first-order valence-corrected chi connectivity index (χ1v) is 10.4. The first kappa shape index (κ1) is 19.4. The number of hydrogen-bond donors (Lipinski definition) is 1. The van der Waals surface area contributed by atoms with Crippen molar-refractivity contribution in [1.82, 2.24) is 0 Å². The summed E-state index contributed by atoms with van der Waals surface area (Å²) in [6, 6.07) is 13.7. The molecule has 0 aliphatic carbocycles. The second-order valence-corrected chi connectivity index (χ2v) is 8.66. The molecular weight excluding hydrogens is 389 g/mol. The zero-order valence-electron chi connectivity index (χ0n) is 14.5. The monoisotopic (exact) mass is 409 g/mol. The predicted molar refractivity (Wildman–Crippen MR) is 111 cm³/mol. The molecule has 6 heteroatoms. The van der Waals surface area contributed by atoms with E-state index in [-0.39, 0.29) is 16.9 Å². The summed E-state index contributed by atoms with van der Waals surface area (Å²) in [7, 11) is 0. The molecule has 0 aromatic heterocycles. The molecule has 3 rings (SSSR count). The van der Waals surface area contributed by atoms with E-state index in [9.17, 15) is 9.90 Å². The molecule has 2 unspecified atom stereocenters. The lowest BCUT2D eigenvalue weighted by Gasteiger charge is -2.26. The van der Waals surface area contributed by atoms with Crippen LogP contribution >= 0.6 is 35.0 Å². The van der Waals surface area contributed by atoms with Crippen molar-refractivity contribution in [2.24, 2.45) is 0 Å². The molecule has 1 heterocycles. The summed E-state index contributed by atoms with van der Waals surface area (Å²) in [6.07, 6.45) is 1.11. The summed E-state index contributed by atoms with van der Waals surface area (Å²) in [5.41, 5.74) is 3.20. The van der Waals surface area contributed by atoms with E-state index in [4.69, 9.17) is 23.2 Å². The molecule has 2 aromatic carbocycles. The number of aliphatic carboxylic acids is 1. The number of carbonyl (C=O) groups is 1. The van der Waals surface area contributed by atoms with Crippen molar-refractivity contribution in [3.05, 3.63) is 63.6 Å². The number of halogens is 2. The second kappa shape index (κ2) is 8.55. The average molecular weight is 410 g/mol. The molecule has 2 atom stereocenters. The summed E-state index contributed by atoms with van der Waals surface area (Å²) in [6.45, 7) is 3.70. The van der Waals surface area contributed by atoms with Crippen molar-refractivity contribution in [3.63, 3.8) is 0 Å². The van der Waals surface area contributed by atoms with E-state index >= 15 is 0 Å². The lowest BCUT2D eigenvalue weighted by atomic mass is 10.0. The van der Waals surface area contributed by atoms with Crippen molar-refractivity contribution < 1.29 is 9.90 Å². The third kappa shape index (κ3) is 4.30. The first-order chi connectivity index (χ1) is 12.5. The minimum absolute atomic E-state index is 0.0356. The molecule has 0 saturated heterocycles. The minimum Gasteiger partial charge on any atom is -0.481 e. The molecule has 0 saturated carbocycles. The fourth-order valence-corrected chi connectivity index (χ4v) is 5.46. The molecule has 1 aliphatic rings. The molecule has 0 amide bonds. The van der Waals surface area contributed by atoms with E-state index in [0.717, 1.165) is 29.8 Å². The van der Waals surface area contributed by atoms with Gasteiger partial charge in [0, 0.05) is 34.1 Å². The summed E-state index contributed by atoms with van der Waals surface area (Å²) < 4.78 is 0. The highest BCUT2D eigenvalue weighted by molar-refractivity contribution is 8.00. The number of rotatable bonds is 5. The van der Waals surface area contributed by atoms with Crippen molar-refractivity contribution >= 4 is 46.6 Å². The van der Waals surface area contributed by atoms with Gasteiger partial charge in [0.15, 0.2) is 0 Å². The number of carboxylic acid groups (broad SMARTS) is 1. The topological polar surface area (TPSA) is 40.5 Å². The number of benzene rings is 2. The quantitative estimate of drug-likeness (QED) is 0.667. The third-order valence-corrected chi connectivity index (χ3v) is 6.51. The van der Waals surface area contributed by atoms with Crippen molar-refractivity contribution in [2.45, 2.75) is 30.3 Å². The molecule has 26 heavy (non-hydrogen) atoms. The molecule has 0 fully saturated rings.